The zero-order valence-electron chi connectivity index (χ0n) is 24.1. The van der Waals surface area contributed by atoms with E-state index in [4.69, 9.17) is 0 Å². The number of anilines is 2. The van der Waals surface area contributed by atoms with Crippen LogP contribution in [0.15, 0.2) is 36.5 Å². The number of fused-ring (bicyclic) bond motifs is 2. The van der Waals surface area contributed by atoms with Gasteiger partial charge in [-0.2, -0.15) is 0 Å². The highest BCUT2D eigenvalue weighted by Crippen LogP contribution is 2.34. The van der Waals surface area contributed by atoms with Gasteiger partial charge in [-0.15, -0.1) is 4.68 Å². The summed E-state index contributed by atoms with van der Waals surface area (Å²) in [6.45, 7) is 4.35. The Bertz CT molecular complexity index is 1550. The molecule has 15 nitrogen and oxygen atoms in total. The quantitative estimate of drug-likeness (QED) is 0.0869. The van der Waals surface area contributed by atoms with E-state index < -0.39 is 16.5 Å². The molecule has 1 aliphatic carbocycles. The van der Waals surface area contributed by atoms with Gasteiger partial charge in [0, 0.05) is 93.2 Å². The van der Waals surface area contributed by atoms with Gasteiger partial charge in [-0.05, 0) is 31.0 Å². The SMILES string of the molecule is CN(C)C(=O)CCCNc1cc2c(cc1[N+](=O)[O-])C(=O)c1n[n+]([O-])n(CCCN3CCN(c4ccccn4)CC3)c1C2=O. The maximum absolute atomic E-state index is 13.6. The van der Waals surface area contributed by atoms with Crippen molar-refractivity contribution in [2.45, 2.75) is 25.8 Å². The molecule has 43 heavy (non-hydrogen) atoms. The number of aromatic nitrogens is 4. The van der Waals surface area contributed by atoms with Gasteiger partial charge < -0.3 is 20.3 Å². The molecule has 15 heteroatoms. The molecule has 1 saturated heterocycles. The third-order valence-corrected chi connectivity index (χ3v) is 7.70. The minimum atomic E-state index is -0.718. The Morgan fingerprint density at radius 3 is 2.49 bits per heavy atom. The van der Waals surface area contributed by atoms with E-state index in [0.29, 0.717) is 19.4 Å². The van der Waals surface area contributed by atoms with E-state index in [1.807, 2.05) is 18.2 Å². The molecule has 0 radical (unpaired) electrons. The highest BCUT2D eigenvalue weighted by atomic mass is 16.6. The minimum absolute atomic E-state index is 0.0395. The molecule has 226 valence electrons. The van der Waals surface area contributed by atoms with Crippen molar-refractivity contribution < 1.29 is 24.3 Å². The van der Waals surface area contributed by atoms with Gasteiger partial charge in [0.1, 0.15) is 11.5 Å². The highest BCUT2D eigenvalue weighted by molar-refractivity contribution is 6.27. The van der Waals surface area contributed by atoms with Gasteiger partial charge in [-0.1, -0.05) is 6.07 Å². The van der Waals surface area contributed by atoms with Gasteiger partial charge in [0.05, 0.1) is 11.5 Å². The summed E-state index contributed by atoms with van der Waals surface area (Å²) in [5.41, 5.74) is -0.982. The minimum Gasteiger partial charge on any atom is -0.571 e. The van der Waals surface area contributed by atoms with Crippen LogP contribution in [-0.4, -0.2) is 100 Å². The number of pyridine rings is 1. The Labute approximate surface area is 247 Å². The standard InChI is InChI=1S/C28H33N9O6/c1-32(2)24(38)8-5-10-29-21-17-19-20(18-22(21)36(41)42)27(39)25-26(28(19)40)35(37(43)31-25)12-6-11-33-13-15-34(16-14-33)23-7-3-4-9-30-23/h3-4,7,9,17-18,29H,5-6,8,10-16H2,1-2H3. The van der Waals surface area contributed by atoms with Gasteiger partial charge in [0.15, 0.2) is 5.69 Å². The predicted molar refractivity (Wildman–Crippen MR) is 155 cm³/mol. The molecular weight excluding hydrogens is 558 g/mol. The number of piperazine rings is 1. The van der Waals surface area contributed by atoms with Crippen LogP contribution in [0.5, 0.6) is 0 Å². The van der Waals surface area contributed by atoms with Gasteiger partial charge in [-0.3, -0.25) is 29.4 Å². The number of nitro benzene ring substituents is 1. The predicted octanol–water partition coefficient (Wildman–Crippen LogP) is 1.09. The average molecular weight is 592 g/mol. The van der Waals surface area contributed by atoms with Crippen LogP contribution < -0.4 is 15.2 Å². The number of carbonyl (C=O) groups excluding carboxylic acids is 3. The van der Waals surface area contributed by atoms with E-state index in [1.165, 1.54) is 11.0 Å². The maximum atomic E-state index is 13.6. The smallest absolute Gasteiger partial charge is 0.293 e. The Hall–Kier alpha value is -4.92. The monoisotopic (exact) mass is 591 g/mol. The van der Waals surface area contributed by atoms with Gasteiger partial charge in [0.2, 0.25) is 23.2 Å². The molecule has 0 unspecified atom stereocenters. The number of nitro groups is 1. The summed E-state index contributed by atoms with van der Waals surface area (Å²) in [5.74, 6) is -0.464. The lowest BCUT2D eigenvalue weighted by Crippen LogP contribution is -2.47. The Morgan fingerprint density at radius 2 is 1.81 bits per heavy atom. The summed E-state index contributed by atoms with van der Waals surface area (Å²) in [4.78, 5) is 60.5. The number of rotatable bonds is 11. The van der Waals surface area contributed by atoms with E-state index in [1.54, 1.807) is 20.3 Å². The average Bonchev–Trinajstić information content (AvgIpc) is 3.34. The first-order valence-electron chi connectivity index (χ1n) is 14.1. The molecule has 1 amide bonds. The molecule has 1 aliphatic heterocycles. The van der Waals surface area contributed by atoms with Crippen LogP contribution >= 0.6 is 0 Å². The van der Waals surface area contributed by atoms with Crippen molar-refractivity contribution in [3.8, 4) is 0 Å². The van der Waals surface area contributed by atoms with Crippen LogP contribution in [0.4, 0.5) is 17.2 Å². The summed E-state index contributed by atoms with van der Waals surface area (Å²) in [5, 5.41) is 31.2. The second kappa shape index (κ2) is 12.5. The Kier molecular flexibility index (Phi) is 8.61. The fraction of sp³-hybridized carbons (Fsp3) is 0.429. The largest absolute Gasteiger partial charge is 0.571 e. The lowest BCUT2D eigenvalue weighted by Gasteiger charge is -2.35. The van der Waals surface area contributed by atoms with Crippen molar-refractivity contribution in [2.75, 3.05) is 63.6 Å². The van der Waals surface area contributed by atoms with E-state index in [2.05, 4.69) is 25.2 Å². The van der Waals surface area contributed by atoms with Gasteiger partial charge in [-0.25, -0.2) is 4.98 Å². The highest BCUT2D eigenvalue weighted by Gasteiger charge is 2.41. The van der Waals surface area contributed by atoms with Crippen molar-refractivity contribution in [3.63, 3.8) is 0 Å². The fourth-order valence-electron chi connectivity index (χ4n) is 5.35. The number of nitrogens with one attached hydrogen (secondary N) is 1. The molecule has 3 heterocycles. The molecule has 0 saturated carbocycles. The van der Waals surface area contributed by atoms with Crippen LogP contribution in [0.25, 0.3) is 0 Å². The van der Waals surface area contributed by atoms with Crippen molar-refractivity contribution in [1.29, 1.82) is 0 Å². The first kappa shape index (κ1) is 29.6. The topological polar surface area (TPSA) is 174 Å². The number of benzene rings is 1. The van der Waals surface area contributed by atoms with Crippen LogP contribution in [-0.2, 0) is 11.3 Å². The van der Waals surface area contributed by atoms with Crippen molar-refractivity contribution in [2.24, 2.45) is 0 Å². The van der Waals surface area contributed by atoms with Crippen molar-refractivity contribution in [1.82, 2.24) is 24.6 Å². The molecule has 0 bridgehead atoms. The fourth-order valence-corrected chi connectivity index (χ4v) is 5.35. The first-order chi connectivity index (χ1) is 20.7. The maximum Gasteiger partial charge on any atom is 0.293 e. The molecular formula is C28H33N9O6. The molecule has 3 aromatic rings. The molecule has 2 aliphatic rings. The third kappa shape index (κ3) is 6.16. The van der Waals surface area contributed by atoms with Crippen LogP contribution in [0.3, 0.4) is 0 Å². The normalized spacial score (nSPS) is 14.8. The van der Waals surface area contributed by atoms with Crippen molar-refractivity contribution in [3.05, 3.63) is 74.4 Å². The zero-order valence-corrected chi connectivity index (χ0v) is 24.1. The summed E-state index contributed by atoms with van der Waals surface area (Å²) >= 11 is 0. The molecule has 1 aromatic carbocycles. The second-order valence-electron chi connectivity index (χ2n) is 10.7. The third-order valence-electron chi connectivity index (χ3n) is 7.70. The van der Waals surface area contributed by atoms with Crippen molar-refractivity contribution >= 4 is 34.7 Å². The number of ketones is 2. The Morgan fingerprint density at radius 1 is 1.07 bits per heavy atom. The van der Waals surface area contributed by atoms with Crippen LogP contribution in [0.1, 0.15) is 51.4 Å². The summed E-state index contributed by atoms with van der Waals surface area (Å²) in [6, 6.07) is 8.14. The molecule has 1 N–H and O–H groups in total. The van der Waals surface area contributed by atoms with E-state index in [9.17, 15) is 29.7 Å². The van der Waals surface area contributed by atoms with E-state index in [0.717, 1.165) is 42.7 Å². The summed E-state index contributed by atoms with van der Waals surface area (Å²) < 4.78 is 1.16. The van der Waals surface area contributed by atoms with Gasteiger partial charge >= 0.3 is 0 Å². The number of carbonyl (C=O) groups is 3. The molecule has 5 rings (SSSR count). The number of amides is 1. The molecule has 0 atom stereocenters. The second-order valence-corrected chi connectivity index (χ2v) is 10.7. The molecule has 2 aromatic heterocycles. The number of hydrogen-bond donors (Lipinski definition) is 1. The summed E-state index contributed by atoms with van der Waals surface area (Å²) in [6.07, 6.45) is 2.96. The first-order valence-corrected chi connectivity index (χ1v) is 14.1. The molecule has 0 spiro atoms. The summed E-state index contributed by atoms with van der Waals surface area (Å²) in [7, 11) is 3.28. The van der Waals surface area contributed by atoms with E-state index in [-0.39, 0.29) is 64.3 Å². The lowest BCUT2D eigenvalue weighted by atomic mass is 9.89. The van der Waals surface area contributed by atoms with E-state index >= 15 is 0 Å². The molecule has 1 fully saturated rings. The van der Waals surface area contributed by atoms with Crippen LogP contribution in [0.2, 0.25) is 0 Å². The van der Waals surface area contributed by atoms with Gasteiger partial charge in [0.25, 0.3) is 5.69 Å². The lowest BCUT2D eigenvalue weighted by molar-refractivity contribution is -0.749. The van der Waals surface area contributed by atoms with Crippen LogP contribution in [0, 0.1) is 15.3 Å². The Balaban J connectivity index is 1.27. The zero-order chi connectivity index (χ0) is 30.7. The number of hydrogen-bond acceptors (Lipinski definition) is 11. The number of nitrogens with zero attached hydrogens (tertiary/aromatic N) is 8.